The van der Waals surface area contributed by atoms with Crippen molar-refractivity contribution in [2.24, 2.45) is 51.5 Å². The number of aliphatic hydroxyl groups is 2. The minimum absolute atomic E-state index is 0.0282. The summed E-state index contributed by atoms with van der Waals surface area (Å²) in [6, 6.07) is 0. The SMILES string of the molecule is C#CCNC(=O)CC[C@@H](C)[C@H]1CC[C@H]2[C@@H]3[C@H](O)C[C@@H]4C[C@H](OC(=O)CN=[N+]=[N-])CC[C@]4(C)[C@H]3C[C@H](O)[C@]12C. The summed E-state index contributed by atoms with van der Waals surface area (Å²) in [7, 11) is 0. The maximum absolute atomic E-state index is 12.1. The summed E-state index contributed by atoms with van der Waals surface area (Å²) < 4.78 is 5.59. The van der Waals surface area contributed by atoms with Gasteiger partial charge in [-0.2, -0.15) is 0 Å². The molecule has 9 heteroatoms. The fourth-order valence-corrected chi connectivity index (χ4v) is 9.33. The standard InChI is InChI=1S/C29H44N4O5/c1-5-12-31-25(36)9-6-17(2)20-7-8-21-27-22(15-24(35)29(20,21)4)28(3)11-10-19(13-18(28)14-23(27)34)38-26(37)16-32-33-30/h1,17-24,27,34-35H,6-16H2,2-4H3,(H,31,36)/t17-,18+,19-,20-,21+,22+,23-,24+,27+,28+,29-/m1/s1. The van der Waals surface area contributed by atoms with Crippen LogP contribution < -0.4 is 5.32 Å². The number of nitrogens with one attached hydrogen (secondary N) is 1. The molecule has 9 nitrogen and oxygen atoms in total. The molecule has 0 radical (unpaired) electrons. The average molecular weight is 529 g/mol. The number of carbonyl (C=O) groups is 2. The van der Waals surface area contributed by atoms with Crippen molar-refractivity contribution >= 4 is 11.9 Å². The third-order valence-electron chi connectivity index (χ3n) is 11.3. The fraction of sp³-hybridized carbons (Fsp3) is 0.862. The number of azide groups is 1. The van der Waals surface area contributed by atoms with Crippen LogP contribution in [-0.4, -0.2) is 53.5 Å². The molecular formula is C29H44N4O5. The quantitative estimate of drug-likeness (QED) is 0.143. The van der Waals surface area contributed by atoms with Crippen molar-refractivity contribution in [1.29, 1.82) is 0 Å². The summed E-state index contributed by atoms with van der Waals surface area (Å²) >= 11 is 0. The Bertz CT molecular complexity index is 992. The summed E-state index contributed by atoms with van der Waals surface area (Å²) in [5.74, 6) is 3.29. The van der Waals surface area contributed by atoms with E-state index in [1.807, 2.05) is 0 Å². The minimum Gasteiger partial charge on any atom is -0.462 e. The molecule has 0 aromatic heterocycles. The summed E-state index contributed by atoms with van der Waals surface area (Å²) in [6.07, 6.45) is 11.0. The van der Waals surface area contributed by atoms with E-state index in [2.05, 4.69) is 42.0 Å². The first-order valence-electron chi connectivity index (χ1n) is 14.3. The molecule has 4 rings (SSSR count). The van der Waals surface area contributed by atoms with Crippen LogP contribution >= 0.6 is 0 Å². The molecule has 0 unspecified atom stereocenters. The first-order chi connectivity index (χ1) is 18.1. The van der Waals surface area contributed by atoms with Gasteiger partial charge in [0.25, 0.3) is 0 Å². The third-order valence-corrected chi connectivity index (χ3v) is 11.3. The Morgan fingerprint density at radius 3 is 2.68 bits per heavy atom. The number of hydrogen-bond donors (Lipinski definition) is 3. The van der Waals surface area contributed by atoms with Crippen molar-refractivity contribution < 1.29 is 24.5 Å². The van der Waals surface area contributed by atoms with Crippen molar-refractivity contribution in [2.75, 3.05) is 13.1 Å². The van der Waals surface area contributed by atoms with Crippen LogP contribution in [0.5, 0.6) is 0 Å². The lowest BCUT2D eigenvalue weighted by Crippen LogP contribution is -2.62. The number of fused-ring (bicyclic) bond motifs is 5. The predicted octanol–water partition coefficient (Wildman–Crippen LogP) is 3.97. The second-order valence-corrected chi connectivity index (χ2v) is 12.9. The number of terminal acetylenes is 1. The Morgan fingerprint density at radius 2 is 1.97 bits per heavy atom. The minimum atomic E-state index is -0.505. The molecule has 4 aliphatic carbocycles. The van der Waals surface area contributed by atoms with Gasteiger partial charge in [0, 0.05) is 11.3 Å². The normalized spacial score (nSPS) is 42.3. The van der Waals surface area contributed by atoms with E-state index in [9.17, 15) is 19.8 Å². The number of ether oxygens (including phenoxy) is 1. The van der Waals surface area contributed by atoms with Gasteiger partial charge in [0.1, 0.15) is 12.6 Å². The van der Waals surface area contributed by atoms with Gasteiger partial charge in [-0.25, -0.2) is 0 Å². The zero-order valence-electron chi connectivity index (χ0n) is 23.0. The number of hydrogen-bond acceptors (Lipinski definition) is 6. The second-order valence-electron chi connectivity index (χ2n) is 12.9. The van der Waals surface area contributed by atoms with Crippen LogP contribution in [0.25, 0.3) is 10.4 Å². The van der Waals surface area contributed by atoms with Crippen molar-refractivity contribution in [3.8, 4) is 12.3 Å². The van der Waals surface area contributed by atoms with E-state index >= 15 is 0 Å². The zero-order chi connectivity index (χ0) is 27.7. The van der Waals surface area contributed by atoms with E-state index in [0.717, 1.165) is 32.1 Å². The van der Waals surface area contributed by atoms with Crippen LogP contribution in [0.2, 0.25) is 0 Å². The molecule has 210 valence electrons. The Kier molecular flexibility index (Phi) is 8.66. The fourth-order valence-electron chi connectivity index (χ4n) is 9.33. The van der Waals surface area contributed by atoms with Gasteiger partial charge in [-0.15, -0.1) is 6.42 Å². The Balaban J connectivity index is 1.46. The number of esters is 1. The van der Waals surface area contributed by atoms with Gasteiger partial charge in [-0.3, -0.25) is 9.59 Å². The third kappa shape index (κ3) is 5.15. The molecule has 0 aromatic rings. The molecule has 0 aliphatic heterocycles. The Hall–Kier alpha value is -2.27. The molecule has 0 aromatic carbocycles. The van der Waals surface area contributed by atoms with Crippen molar-refractivity contribution in [2.45, 2.75) is 96.9 Å². The van der Waals surface area contributed by atoms with Gasteiger partial charge in [0.05, 0.1) is 18.8 Å². The molecule has 38 heavy (non-hydrogen) atoms. The van der Waals surface area contributed by atoms with Crippen LogP contribution in [0.1, 0.15) is 78.6 Å². The Labute approximate surface area is 226 Å². The lowest BCUT2D eigenvalue weighted by molar-refractivity contribution is -0.209. The molecule has 1 amide bonds. The first-order valence-corrected chi connectivity index (χ1v) is 14.3. The molecule has 0 saturated heterocycles. The molecule has 4 fully saturated rings. The van der Waals surface area contributed by atoms with Crippen molar-refractivity contribution in [3.05, 3.63) is 10.4 Å². The number of rotatable bonds is 8. The van der Waals surface area contributed by atoms with Gasteiger partial charge in [-0.05, 0) is 103 Å². The van der Waals surface area contributed by atoms with Gasteiger partial charge in [-0.1, -0.05) is 31.8 Å². The first kappa shape index (κ1) is 28.7. The van der Waals surface area contributed by atoms with Crippen LogP contribution in [0.3, 0.4) is 0 Å². The second kappa shape index (κ2) is 11.5. The van der Waals surface area contributed by atoms with E-state index in [-0.39, 0.29) is 65.5 Å². The summed E-state index contributed by atoms with van der Waals surface area (Å²) in [4.78, 5) is 26.8. The smallest absolute Gasteiger partial charge is 0.311 e. The van der Waals surface area contributed by atoms with E-state index < -0.39 is 18.2 Å². The lowest BCUT2D eigenvalue weighted by Gasteiger charge is -2.63. The molecule has 0 spiro atoms. The predicted molar refractivity (Wildman–Crippen MR) is 142 cm³/mol. The molecule has 3 N–H and O–H groups in total. The van der Waals surface area contributed by atoms with Crippen molar-refractivity contribution in [1.82, 2.24) is 5.32 Å². The van der Waals surface area contributed by atoms with Gasteiger partial charge >= 0.3 is 5.97 Å². The molecule has 4 saturated carbocycles. The van der Waals surface area contributed by atoms with E-state index in [4.69, 9.17) is 16.7 Å². The van der Waals surface area contributed by atoms with Crippen LogP contribution in [0.15, 0.2) is 5.11 Å². The highest BCUT2D eigenvalue weighted by atomic mass is 16.5. The number of amides is 1. The van der Waals surface area contributed by atoms with E-state index in [1.165, 1.54) is 0 Å². The highest BCUT2D eigenvalue weighted by Gasteiger charge is 2.65. The van der Waals surface area contributed by atoms with E-state index in [0.29, 0.717) is 31.6 Å². The van der Waals surface area contributed by atoms with E-state index in [1.54, 1.807) is 0 Å². The maximum Gasteiger partial charge on any atom is 0.311 e. The Morgan fingerprint density at radius 1 is 1.21 bits per heavy atom. The summed E-state index contributed by atoms with van der Waals surface area (Å²) in [5.41, 5.74) is 8.14. The highest BCUT2D eigenvalue weighted by Crippen LogP contribution is 2.68. The lowest BCUT2D eigenvalue weighted by atomic mass is 9.43. The highest BCUT2D eigenvalue weighted by molar-refractivity contribution is 5.76. The van der Waals surface area contributed by atoms with Crippen LogP contribution in [-0.2, 0) is 14.3 Å². The van der Waals surface area contributed by atoms with Crippen molar-refractivity contribution in [3.63, 3.8) is 0 Å². The number of carbonyl (C=O) groups excluding carboxylic acids is 2. The molecule has 0 bridgehead atoms. The average Bonchev–Trinajstić information content (AvgIpc) is 3.24. The summed E-state index contributed by atoms with van der Waals surface area (Å²) in [6.45, 7) is 6.69. The van der Waals surface area contributed by atoms with Gasteiger partial charge < -0.3 is 20.3 Å². The summed E-state index contributed by atoms with van der Waals surface area (Å²) in [5, 5.41) is 29.4. The van der Waals surface area contributed by atoms with Crippen LogP contribution in [0, 0.1) is 58.7 Å². The molecule has 0 heterocycles. The van der Waals surface area contributed by atoms with Gasteiger partial charge in [0.2, 0.25) is 5.91 Å². The zero-order valence-corrected chi connectivity index (χ0v) is 23.0. The molecular weight excluding hydrogens is 484 g/mol. The van der Waals surface area contributed by atoms with Crippen LogP contribution in [0.4, 0.5) is 0 Å². The molecule has 11 atom stereocenters. The maximum atomic E-state index is 12.1. The number of aliphatic hydroxyl groups excluding tert-OH is 2. The molecule has 4 aliphatic rings. The van der Waals surface area contributed by atoms with Gasteiger partial charge in [0.15, 0.2) is 0 Å². The largest absolute Gasteiger partial charge is 0.462 e. The monoisotopic (exact) mass is 528 g/mol. The topological polar surface area (TPSA) is 145 Å². The number of nitrogens with zero attached hydrogens (tertiary/aromatic N) is 3.